The normalized spacial score (nSPS) is 10.6. The van der Waals surface area contributed by atoms with Gasteiger partial charge in [-0.1, -0.05) is 30.3 Å². The van der Waals surface area contributed by atoms with Crippen LogP contribution in [0.4, 0.5) is 5.95 Å². The monoisotopic (exact) mass is 368 g/mol. The van der Waals surface area contributed by atoms with E-state index in [4.69, 9.17) is 10.5 Å². The summed E-state index contributed by atoms with van der Waals surface area (Å²) in [6, 6.07) is 22.0. The third-order valence-electron chi connectivity index (χ3n) is 4.57. The number of nitrogens with zero attached hydrogens (tertiary/aromatic N) is 3. The fourth-order valence-corrected chi connectivity index (χ4v) is 3.20. The van der Waals surface area contributed by atoms with Crippen molar-refractivity contribution in [2.75, 3.05) is 12.8 Å². The van der Waals surface area contributed by atoms with E-state index in [1.165, 1.54) is 5.56 Å². The summed E-state index contributed by atoms with van der Waals surface area (Å²) in [5, 5.41) is 0. The third-order valence-corrected chi connectivity index (χ3v) is 4.57. The molecule has 138 valence electrons. The van der Waals surface area contributed by atoms with E-state index < -0.39 is 0 Å². The maximum Gasteiger partial charge on any atom is 0.221 e. The third kappa shape index (κ3) is 3.69. The average molecular weight is 368 g/mol. The minimum atomic E-state index is 0.245. The highest BCUT2D eigenvalue weighted by molar-refractivity contribution is 5.75. The van der Waals surface area contributed by atoms with Crippen LogP contribution in [0.1, 0.15) is 11.1 Å². The van der Waals surface area contributed by atoms with Crippen molar-refractivity contribution >= 4 is 5.95 Å². The first-order chi connectivity index (χ1) is 13.7. The molecule has 0 radical (unpaired) electrons. The van der Waals surface area contributed by atoms with Crippen LogP contribution in [0.3, 0.4) is 0 Å². The first-order valence-electron chi connectivity index (χ1n) is 9.00. The van der Waals surface area contributed by atoms with E-state index in [-0.39, 0.29) is 5.95 Å². The molecule has 0 atom stereocenters. The topological polar surface area (TPSA) is 73.9 Å². The standard InChI is InChI=1S/C23H20N4O/c1-28-19-9-7-17(8-10-19)21-20(15-16-5-3-2-4-6-16)22(27-23(24)26-21)18-11-13-25-14-12-18/h2-14H,15H2,1H3,(H2,24,26,27). The molecule has 5 heteroatoms. The van der Waals surface area contributed by atoms with E-state index in [1.54, 1.807) is 19.5 Å². The molecule has 2 N–H and O–H groups in total. The molecule has 2 aromatic heterocycles. The van der Waals surface area contributed by atoms with Crippen molar-refractivity contribution in [3.63, 3.8) is 0 Å². The van der Waals surface area contributed by atoms with Crippen molar-refractivity contribution in [3.8, 4) is 28.3 Å². The molecule has 5 nitrogen and oxygen atoms in total. The largest absolute Gasteiger partial charge is 0.497 e. The van der Waals surface area contributed by atoms with E-state index in [9.17, 15) is 0 Å². The van der Waals surface area contributed by atoms with Crippen LogP contribution in [0.25, 0.3) is 22.5 Å². The quantitative estimate of drug-likeness (QED) is 0.566. The lowest BCUT2D eigenvalue weighted by atomic mass is 9.95. The maximum atomic E-state index is 6.09. The van der Waals surface area contributed by atoms with Gasteiger partial charge in [0.1, 0.15) is 5.75 Å². The summed E-state index contributed by atoms with van der Waals surface area (Å²) in [6.45, 7) is 0. The van der Waals surface area contributed by atoms with Crippen molar-refractivity contribution in [2.24, 2.45) is 0 Å². The van der Waals surface area contributed by atoms with Crippen LogP contribution in [0.5, 0.6) is 5.75 Å². The van der Waals surface area contributed by atoms with Gasteiger partial charge in [-0.3, -0.25) is 4.98 Å². The van der Waals surface area contributed by atoms with Crippen LogP contribution in [0.15, 0.2) is 79.1 Å². The van der Waals surface area contributed by atoms with Gasteiger partial charge in [-0.05, 0) is 42.0 Å². The van der Waals surface area contributed by atoms with Gasteiger partial charge in [-0.2, -0.15) is 0 Å². The molecule has 0 saturated heterocycles. The van der Waals surface area contributed by atoms with Gasteiger partial charge in [-0.25, -0.2) is 9.97 Å². The lowest BCUT2D eigenvalue weighted by molar-refractivity contribution is 0.415. The number of aromatic nitrogens is 3. The summed E-state index contributed by atoms with van der Waals surface area (Å²) in [6.07, 6.45) is 4.21. The highest BCUT2D eigenvalue weighted by atomic mass is 16.5. The molecule has 0 unspecified atom stereocenters. The zero-order chi connectivity index (χ0) is 19.3. The molecule has 28 heavy (non-hydrogen) atoms. The van der Waals surface area contributed by atoms with Crippen molar-refractivity contribution < 1.29 is 4.74 Å². The van der Waals surface area contributed by atoms with Crippen molar-refractivity contribution in [2.45, 2.75) is 6.42 Å². The van der Waals surface area contributed by atoms with E-state index >= 15 is 0 Å². The molecule has 4 rings (SSSR count). The second-order valence-electron chi connectivity index (χ2n) is 6.38. The Balaban J connectivity index is 1.91. The van der Waals surface area contributed by atoms with Crippen LogP contribution in [0, 0.1) is 0 Å². The lowest BCUT2D eigenvalue weighted by Crippen LogP contribution is -2.06. The Bertz CT molecular complexity index is 1070. The first-order valence-corrected chi connectivity index (χ1v) is 9.00. The van der Waals surface area contributed by atoms with Crippen molar-refractivity contribution in [1.82, 2.24) is 15.0 Å². The van der Waals surface area contributed by atoms with Gasteiger partial charge in [0.05, 0.1) is 18.5 Å². The van der Waals surface area contributed by atoms with Crippen LogP contribution in [-0.4, -0.2) is 22.1 Å². The molecule has 2 heterocycles. The zero-order valence-electron chi connectivity index (χ0n) is 15.5. The molecule has 0 spiro atoms. The maximum absolute atomic E-state index is 6.09. The smallest absolute Gasteiger partial charge is 0.221 e. The molecule has 0 aliphatic rings. The molecule has 2 aromatic carbocycles. The molecule has 0 saturated carbocycles. The minimum absolute atomic E-state index is 0.245. The van der Waals surface area contributed by atoms with Gasteiger partial charge in [0.15, 0.2) is 0 Å². The Labute approximate surface area is 163 Å². The van der Waals surface area contributed by atoms with Crippen molar-refractivity contribution in [1.29, 1.82) is 0 Å². The number of methoxy groups -OCH3 is 1. The van der Waals surface area contributed by atoms with Gasteiger partial charge in [-0.15, -0.1) is 0 Å². The molecule has 0 amide bonds. The van der Waals surface area contributed by atoms with Gasteiger partial charge < -0.3 is 10.5 Å². The zero-order valence-corrected chi connectivity index (χ0v) is 15.5. The summed E-state index contributed by atoms with van der Waals surface area (Å²) in [7, 11) is 1.65. The number of nitrogens with two attached hydrogens (primary N) is 1. The van der Waals surface area contributed by atoms with E-state index in [2.05, 4.69) is 27.1 Å². The van der Waals surface area contributed by atoms with E-state index in [0.29, 0.717) is 6.42 Å². The summed E-state index contributed by atoms with van der Waals surface area (Å²) in [5.41, 5.74) is 11.9. The Morgan fingerprint density at radius 2 is 1.39 bits per heavy atom. The molecule has 0 bridgehead atoms. The van der Waals surface area contributed by atoms with Crippen LogP contribution >= 0.6 is 0 Å². The number of nitrogen functional groups attached to an aromatic ring is 1. The summed E-state index contributed by atoms with van der Waals surface area (Å²) < 4.78 is 5.28. The van der Waals surface area contributed by atoms with E-state index in [1.807, 2.05) is 54.6 Å². The minimum Gasteiger partial charge on any atom is -0.497 e. The van der Waals surface area contributed by atoms with Crippen molar-refractivity contribution in [3.05, 3.63) is 90.3 Å². The summed E-state index contributed by atoms with van der Waals surface area (Å²) in [5.74, 6) is 1.04. The Kier molecular flexibility index (Phi) is 4.97. The second-order valence-corrected chi connectivity index (χ2v) is 6.38. The lowest BCUT2D eigenvalue weighted by Gasteiger charge is -2.15. The molecule has 0 aliphatic carbocycles. The van der Waals surface area contributed by atoms with Gasteiger partial charge in [0.2, 0.25) is 5.95 Å². The number of rotatable bonds is 5. The number of anilines is 1. The van der Waals surface area contributed by atoms with Crippen LogP contribution in [0.2, 0.25) is 0 Å². The number of benzene rings is 2. The molecule has 4 aromatic rings. The average Bonchev–Trinajstić information content (AvgIpc) is 2.76. The van der Waals surface area contributed by atoms with E-state index in [0.717, 1.165) is 33.8 Å². The number of hydrogen-bond acceptors (Lipinski definition) is 5. The Morgan fingerprint density at radius 3 is 2.00 bits per heavy atom. The SMILES string of the molecule is COc1ccc(-c2nc(N)nc(-c3ccncc3)c2Cc2ccccc2)cc1. The van der Waals surface area contributed by atoms with Gasteiger partial charge in [0.25, 0.3) is 0 Å². The number of ether oxygens (including phenoxy) is 1. The number of pyridine rings is 1. The van der Waals surface area contributed by atoms with Crippen LogP contribution < -0.4 is 10.5 Å². The summed E-state index contributed by atoms with van der Waals surface area (Å²) in [4.78, 5) is 13.3. The molecular weight excluding hydrogens is 348 g/mol. The van der Waals surface area contributed by atoms with Gasteiger partial charge in [0, 0.05) is 35.5 Å². The Hall–Kier alpha value is -3.73. The highest BCUT2D eigenvalue weighted by Gasteiger charge is 2.17. The Morgan fingerprint density at radius 1 is 0.786 bits per heavy atom. The summed E-state index contributed by atoms with van der Waals surface area (Å²) >= 11 is 0. The molecular formula is C23H20N4O. The van der Waals surface area contributed by atoms with Crippen LogP contribution in [-0.2, 0) is 6.42 Å². The molecule has 0 aliphatic heterocycles. The highest BCUT2D eigenvalue weighted by Crippen LogP contribution is 2.33. The number of hydrogen-bond donors (Lipinski definition) is 1. The second kappa shape index (κ2) is 7.88. The fourth-order valence-electron chi connectivity index (χ4n) is 3.20. The predicted molar refractivity (Wildman–Crippen MR) is 111 cm³/mol. The van der Waals surface area contributed by atoms with Gasteiger partial charge >= 0.3 is 0 Å². The predicted octanol–water partition coefficient (Wildman–Crippen LogP) is 4.39. The fraction of sp³-hybridized carbons (Fsp3) is 0.0870. The molecule has 0 fully saturated rings. The first kappa shape index (κ1) is 17.7.